The van der Waals surface area contributed by atoms with Crippen molar-refractivity contribution >= 4 is 35.7 Å². The van der Waals surface area contributed by atoms with Gasteiger partial charge in [0.1, 0.15) is 36.5 Å². The first-order chi connectivity index (χ1) is 22.3. The molecule has 2 N–H and O–H groups in total. The van der Waals surface area contributed by atoms with E-state index in [-0.39, 0.29) is 36.4 Å². The molecule has 16 nitrogen and oxygen atoms in total. The first-order valence-corrected chi connectivity index (χ1v) is 15.8. The van der Waals surface area contributed by atoms with Crippen LogP contribution in [0.4, 0.5) is 9.59 Å². The number of aromatic nitrogens is 4. The molecule has 2 amide bonds. The van der Waals surface area contributed by atoms with Crippen LogP contribution in [0.15, 0.2) is 12.4 Å². The second kappa shape index (κ2) is 15.9. The largest absolute Gasteiger partial charge is 0.458 e. The van der Waals surface area contributed by atoms with E-state index in [1.54, 1.807) is 41.5 Å². The Labute approximate surface area is 279 Å². The van der Waals surface area contributed by atoms with Gasteiger partial charge < -0.3 is 28.9 Å². The van der Waals surface area contributed by atoms with Crippen molar-refractivity contribution in [3.63, 3.8) is 0 Å². The zero-order chi connectivity index (χ0) is 35.8. The van der Waals surface area contributed by atoms with Gasteiger partial charge in [0.05, 0.1) is 23.8 Å². The summed E-state index contributed by atoms with van der Waals surface area (Å²) in [6.07, 6.45) is 4.40. The number of nitrogens with zero attached hydrogens (tertiary/aromatic N) is 4. The molecule has 264 valence electrons. The molecular weight excluding hydrogens is 628 g/mol. The lowest BCUT2D eigenvalue weighted by molar-refractivity contribution is -0.151. The number of H-pyrrole nitrogens is 2. The molecule has 2 fully saturated rings. The number of esters is 2. The van der Waals surface area contributed by atoms with Gasteiger partial charge in [-0.3, -0.25) is 19.4 Å². The van der Waals surface area contributed by atoms with Crippen LogP contribution in [0.1, 0.15) is 114 Å². The first kappa shape index (κ1) is 37.7. The predicted octanol–water partition coefficient (Wildman–Crippen LogP) is 4.11. The average molecular weight is 675 g/mol. The van der Waals surface area contributed by atoms with Crippen LogP contribution in [0.5, 0.6) is 0 Å². The number of nitrogens with one attached hydrogen (secondary N) is 2. The molecule has 0 bridgehead atoms. The summed E-state index contributed by atoms with van der Waals surface area (Å²) >= 11 is 0. The number of Topliss-reactive ketones (excluding diaryl/α,β-unsaturated/α-hetero) is 2. The van der Waals surface area contributed by atoms with E-state index < -0.39 is 47.4 Å². The average Bonchev–Trinajstić information content (AvgIpc) is 3.79. The number of ketones is 2. The lowest BCUT2D eigenvalue weighted by Gasteiger charge is -2.27. The summed E-state index contributed by atoms with van der Waals surface area (Å²) in [4.78, 5) is 87.4. The molecule has 2 aromatic heterocycles. The monoisotopic (exact) mass is 674 g/mol. The first-order valence-electron chi connectivity index (χ1n) is 15.8. The minimum Gasteiger partial charge on any atom is -0.458 e. The maximum absolute atomic E-state index is 12.3. The van der Waals surface area contributed by atoms with Crippen molar-refractivity contribution in [2.24, 2.45) is 0 Å². The van der Waals surface area contributed by atoms with Crippen LogP contribution in [0.25, 0.3) is 0 Å². The van der Waals surface area contributed by atoms with Gasteiger partial charge in [-0.1, -0.05) is 0 Å². The number of hydrogen-bond acceptors (Lipinski definition) is 12. The molecule has 48 heavy (non-hydrogen) atoms. The summed E-state index contributed by atoms with van der Waals surface area (Å²) < 4.78 is 21.1. The fourth-order valence-electron chi connectivity index (χ4n) is 4.81. The summed E-state index contributed by atoms with van der Waals surface area (Å²) in [5, 5.41) is 0. The molecule has 2 aliphatic rings. The number of carbonyl (C=O) groups is 6. The van der Waals surface area contributed by atoms with Gasteiger partial charge >= 0.3 is 24.1 Å². The molecule has 0 aromatic carbocycles. The van der Waals surface area contributed by atoms with Crippen molar-refractivity contribution in [2.45, 2.75) is 118 Å². The smallest absolute Gasteiger partial charge is 0.411 e. The van der Waals surface area contributed by atoms with Crippen LogP contribution >= 0.6 is 0 Å². The maximum Gasteiger partial charge on any atom is 0.411 e. The molecule has 2 atom stereocenters. The molecule has 2 saturated heterocycles. The van der Waals surface area contributed by atoms with Gasteiger partial charge in [-0.05, 0) is 67.2 Å². The van der Waals surface area contributed by atoms with Crippen molar-refractivity contribution in [1.29, 1.82) is 0 Å². The van der Waals surface area contributed by atoms with Gasteiger partial charge in [0, 0.05) is 26.9 Å². The Hall–Kier alpha value is -4.76. The van der Waals surface area contributed by atoms with Gasteiger partial charge in [0.2, 0.25) is 0 Å². The third kappa shape index (κ3) is 11.2. The molecular formula is C32H46N6O10. The number of imidazole rings is 2. The topological polar surface area (TPSA) is 203 Å². The third-order valence-corrected chi connectivity index (χ3v) is 6.97. The number of rotatable bonds is 8. The van der Waals surface area contributed by atoms with E-state index in [0.29, 0.717) is 37.3 Å². The summed E-state index contributed by atoms with van der Waals surface area (Å²) in [5.41, 5.74) is -0.189. The molecule has 0 spiro atoms. The van der Waals surface area contributed by atoms with Gasteiger partial charge in [-0.2, -0.15) is 0 Å². The Morgan fingerprint density at radius 1 is 0.688 bits per heavy atom. The normalized spacial score (nSPS) is 17.7. The lowest BCUT2D eigenvalue weighted by atomic mass is 10.2. The van der Waals surface area contributed by atoms with Crippen LogP contribution in [0.3, 0.4) is 0 Å². The number of hydrogen-bond donors (Lipinski definition) is 2. The van der Waals surface area contributed by atoms with Crippen molar-refractivity contribution in [3.8, 4) is 0 Å². The number of ether oxygens (including phenoxy) is 4. The predicted molar refractivity (Wildman–Crippen MR) is 169 cm³/mol. The van der Waals surface area contributed by atoms with Crippen LogP contribution < -0.4 is 0 Å². The Morgan fingerprint density at radius 3 is 1.33 bits per heavy atom. The molecule has 0 unspecified atom stereocenters. The highest BCUT2D eigenvalue weighted by molar-refractivity contribution is 5.90. The Bertz CT molecular complexity index is 1370. The summed E-state index contributed by atoms with van der Waals surface area (Å²) in [6.45, 7) is 14.3. The molecule has 2 aromatic rings. The summed E-state index contributed by atoms with van der Waals surface area (Å²) in [7, 11) is 0. The number of aromatic amines is 2. The lowest BCUT2D eigenvalue weighted by Crippen LogP contribution is -2.44. The number of amides is 2. The highest BCUT2D eigenvalue weighted by Crippen LogP contribution is 2.23. The number of carbonyl (C=O) groups excluding carboxylic acids is 6. The van der Waals surface area contributed by atoms with Crippen molar-refractivity contribution < 1.29 is 47.7 Å². The van der Waals surface area contributed by atoms with E-state index in [9.17, 15) is 28.8 Å². The second-order valence-electron chi connectivity index (χ2n) is 13.5. The SMILES string of the molecule is CC(=O)c1ncc(COC(=O)[C@@H]2CCCN2C(=O)OC(C)(C)C)[nH]1.CC(=O)c1ncc(COC(=O)[C@@H]2CCCN2C(=O)OC(C)(C)C)[nH]1. The zero-order valence-corrected chi connectivity index (χ0v) is 28.8. The van der Waals surface area contributed by atoms with Crippen molar-refractivity contribution in [2.75, 3.05) is 13.1 Å². The summed E-state index contributed by atoms with van der Waals surface area (Å²) in [6, 6.07) is -1.29. The van der Waals surface area contributed by atoms with E-state index in [0.717, 1.165) is 12.8 Å². The van der Waals surface area contributed by atoms with Gasteiger partial charge in [-0.15, -0.1) is 0 Å². The van der Waals surface area contributed by atoms with Gasteiger partial charge in [0.25, 0.3) is 0 Å². The quantitative estimate of drug-likeness (QED) is 0.231. The molecule has 0 saturated carbocycles. The molecule has 4 heterocycles. The van der Waals surface area contributed by atoms with Crippen LogP contribution in [-0.2, 0) is 41.8 Å². The Balaban J connectivity index is 0.000000260. The maximum atomic E-state index is 12.3. The number of likely N-dealkylation sites (tertiary alicyclic amines) is 2. The van der Waals surface area contributed by atoms with Crippen LogP contribution in [0.2, 0.25) is 0 Å². The van der Waals surface area contributed by atoms with E-state index in [2.05, 4.69) is 19.9 Å². The fraction of sp³-hybridized carbons (Fsp3) is 0.625. The molecule has 0 radical (unpaired) electrons. The Kier molecular flexibility index (Phi) is 12.5. The van der Waals surface area contributed by atoms with E-state index in [1.165, 1.54) is 36.0 Å². The van der Waals surface area contributed by atoms with E-state index in [4.69, 9.17) is 18.9 Å². The standard InChI is InChI=1S/2C16H23N3O5/c2*1-10(20)13-17-8-11(18-13)9-23-14(21)12-6-5-7-19(12)15(22)24-16(2,3)4/h2*8,12H,5-7,9H2,1-4H3,(H,17,18)/t2*12-/m00/s1. The second-order valence-corrected chi connectivity index (χ2v) is 13.5. The molecule has 16 heteroatoms. The van der Waals surface area contributed by atoms with Gasteiger partial charge in [-0.25, -0.2) is 29.1 Å². The highest BCUT2D eigenvalue weighted by atomic mass is 16.6. The zero-order valence-electron chi connectivity index (χ0n) is 28.8. The molecule has 2 aliphatic heterocycles. The van der Waals surface area contributed by atoms with Crippen molar-refractivity contribution in [3.05, 3.63) is 35.4 Å². The van der Waals surface area contributed by atoms with Crippen LogP contribution in [-0.4, -0.2) is 102 Å². The van der Waals surface area contributed by atoms with E-state index in [1.807, 2.05) is 0 Å². The van der Waals surface area contributed by atoms with E-state index >= 15 is 0 Å². The summed E-state index contributed by atoms with van der Waals surface area (Å²) in [5.74, 6) is -0.928. The minimum atomic E-state index is -0.643. The van der Waals surface area contributed by atoms with Crippen LogP contribution in [0, 0.1) is 0 Å². The Morgan fingerprint density at radius 2 is 1.04 bits per heavy atom. The van der Waals surface area contributed by atoms with Crippen molar-refractivity contribution in [1.82, 2.24) is 29.7 Å². The highest BCUT2D eigenvalue weighted by Gasteiger charge is 2.39. The third-order valence-electron chi connectivity index (χ3n) is 6.97. The minimum absolute atomic E-state index is 0.0300. The molecule has 4 rings (SSSR count). The van der Waals surface area contributed by atoms with Gasteiger partial charge in [0.15, 0.2) is 23.2 Å². The fourth-order valence-corrected chi connectivity index (χ4v) is 4.81. The molecule has 0 aliphatic carbocycles.